The van der Waals surface area contributed by atoms with Gasteiger partial charge in [-0.25, -0.2) is 0 Å². The average Bonchev–Trinajstić information content (AvgIpc) is 2.37. The first-order chi connectivity index (χ1) is 9.04. The van der Waals surface area contributed by atoms with E-state index in [2.05, 4.69) is 72.3 Å². The first-order valence-corrected chi connectivity index (χ1v) is 8.62. The van der Waals surface area contributed by atoms with Crippen molar-refractivity contribution in [2.24, 2.45) is 0 Å². The van der Waals surface area contributed by atoms with E-state index >= 15 is 0 Å². The van der Waals surface area contributed by atoms with E-state index in [0.717, 1.165) is 23.3 Å². The minimum Gasteiger partial charge on any atom is -0.310 e. The molecule has 0 aliphatic carbocycles. The van der Waals surface area contributed by atoms with Crippen molar-refractivity contribution in [3.63, 3.8) is 0 Å². The number of benzene rings is 1. The zero-order valence-electron chi connectivity index (χ0n) is 12.4. The topological polar surface area (TPSA) is 15.3 Å². The molecule has 108 valence electrons. The van der Waals surface area contributed by atoms with Gasteiger partial charge in [-0.2, -0.15) is 0 Å². The molecule has 0 saturated carbocycles. The van der Waals surface area contributed by atoms with Gasteiger partial charge in [-0.05, 0) is 57.7 Å². The number of hydrogen-bond donors (Lipinski definition) is 1. The maximum absolute atomic E-state index is 3.58. The van der Waals surface area contributed by atoms with Gasteiger partial charge in [-0.3, -0.25) is 0 Å². The summed E-state index contributed by atoms with van der Waals surface area (Å²) in [7, 11) is 4.24. The summed E-state index contributed by atoms with van der Waals surface area (Å²) in [5.41, 5.74) is 1.39. The lowest BCUT2D eigenvalue weighted by atomic mass is 10.1. The van der Waals surface area contributed by atoms with Gasteiger partial charge in [0, 0.05) is 27.7 Å². The molecule has 1 atom stereocenters. The van der Waals surface area contributed by atoms with E-state index in [0.29, 0.717) is 6.04 Å². The third kappa shape index (κ3) is 6.30. The van der Waals surface area contributed by atoms with E-state index < -0.39 is 0 Å². The Morgan fingerprint density at radius 1 is 1.37 bits per heavy atom. The van der Waals surface area contributed by atoms with Crippen LogP contribution >= 0.6 is 27.7 Å². The molecule has 0 aliphatic rings. The Labute approximate surface area is 130 Å². The number of hydrogen-bond acceptors (Lipinski definition) is 3. The Morgan fingerprint density at radius 3 is 2.74 bits per heavy atom. The lowest BCUT2D eigenvalue weighted by molar-refractivity contribution is 0.437. The van der Waals surface area contributed by atoms with Crippen molar-refractivity contribution in [1.82, 2.24) is 10.2 Å². The van der Waals surface area contributed by atoms with Gasteiger partial charge in [0.15, 0.2) is 0 Å². The quantitative estimate of drug-likeness (QED) is 0.712. The molecule has 19 heavy (non-hydrogen) atoms. The van der Waals surface area contributed by atoms with E-state index in [4.69, 9.17) is 0 Å². The van der Waals surface area contributed by atoms with E-state index in [9.17, 15) is 0 Å². The second kappa shape index (κ2) is 9.01. The van der Waals surface area contributed by atoms with Crippen LogP contribution in [-0.2, 0) is 0 Å². The second-order valence-corrected chi connectivity index (χ2v) is 7.06. The van der Waals surface area contributed by atoms with Gasteiger partial charge in [-0.15, -0.1) is 11.8 Å². The van der Waals surface area contributed by atoms with Crippen LogP contribution in [0.15, 0.2) is 27.6 Å². The van der Waals surface area contributed by atoms with E-state index in [-0.39, 0.29) is 0 Å². The molecule has 2 nitrogen and oxygen atoms in total. The molecule has 1 N–H and O–H groups in total. The maximum atomic E-state index is 3.58. The molecule has 0 amide bonds. The van der Waals surface area contributed by atoms with Crippen molar-refractivity contribution >= 4 is 27.7 Å². The zero-order valence-corrected chi connectivity index (χ0v) is 14.8. The molecule has 1 aromatic rings. The Kier molecular flexibility index (Phi) is 8.07. The summed E-state index contributed by atoms with van der Waals surface area (Å²) in [5, 5.41) is 3.57. The van der Waals surface area contributed by atoms with Crippen LogP contribution in [0.3, 0.4) is 0 Å². The van der Waals surface area contributed by atoms with Gasteiger partial charge < -0.3 is 10.2 Å². The molecule has 0 heterocycles. The minimum absolute atomic E-state index is 0.402. The average molecular weight is 345 g/mol. The minimum atomic E-state index is 0.402. The lowest BCUT2D eigenvalue weighted by Crippen LogP contribution is -2.20. The number of nitrogens with zero attached hydrogens (tertiary/aromatic N) is 1. The molecule has 0 aliphatic heterocycles. The predicted molar refractivity (Wildman–Crippen MR) is 90.1 cm³/mol. The zero-order chi connectivity index (χ0) is 14.3. The van der Waals surface area contributed by atoms with E-state index in [1.54, 1.807) is 0 Å². The first-order valence-electron chi connectivity index (χ1n) is 6.85. The van der Waals surface area contributed by atoms with Crippen molar-refractivity contribution < 1.29 is 0 Å². The monoisotopic (exact) mass is 344 g/mol. The third-order valence-corrected chi connectivity index (χ3v) is 4.50. The van der Waals surface area contributed by atoms with E-state index in [1.165, 1.54) is 16.9 Å². The molecule has 1 unspecified atom stereocenters. The highest BCUT2D eigenvalue weighted by Gasteiger charge is 2.11. The summed E-state index contributed by atoms with van der Waals surface area (Å²) >= 11 is 5.52. The lowest BCUT2D eigenvalue weighted by Gasteiger charge is -2.18. The molecule has 0 bridgehead atoms. The van der Waals surface area contributed by atoms with Crippen molar-refractivity contribution in [2.45, 2.75) is 31.2 Å². The largest absolute Gasteiger partial charge is 0.310 e. The summed E-state index contributed by atoms with van der Waals surface area (Å²) in [6.07, 6.45) is 1.17. The van der Waals surface area contributed by atoms with Gasteiger partial charge in [-0.1, -0.05) is 22.9 Å². The third-order valence-electron chi connectivity index (χ3n) is 2.93. The van der Waals surface area contributed by atoms with Gasteiger partial charge >= 0.3 is 0 Å². The predicted octanol–water partition coefficient (Wildman–Crippen LogP) is 4.16. The second-order valence-electron chi connectivity index (χ2n) is 5.01. The molecule has 0 saturated heterocycles. The summed E-state index contributed by atoms with van der Waals surface area (Å²) < 4.78 is 1.16. The fraction of sp³-hybridized carbons (Fsp3) is 0.600. The van der Waals surface area contributed by atoms with Gasteiger partial charge in [0.05, 0.1) is 0 Å². The van der Waals surface area contributed by atoms with Crippen LogP contribution < -0.4 is 5.32 Å². The van der Waals surface area contributed by atoms with Crippen molar-refractivity contribution in [1.29, 1.82) is 0 Å². The van der Waals surface area contributed by atoms with Gasteiger partial charge in [0.1, 0.15) is 0 Å². The Morgan fingerprint density at radius 2 is 2.11 bits per heavy atom. The van der Waals surface area contributed by atoms with Crippen LogP contribution in [0.25, 0.3) is 0 Å². The molecule has 0 aromatic heterocycles. The molecular weight excluding hydrogens is 320 g/mol. The van der Waals surface area contributed by atoms with Crippen molar-refractivity contribution in [2.75, 3.05) is 32.9 Å². The van der Waals surface area contributed by atoms with E-state index in [1.807, 2.05) is 11.8 Å². The normalized spacial score (nSPS) is 12.9. The number of nitrogens with one attached hydrogen (secondary N) is 1. The van der Waals surface area contributed by atoms with Crippen LogP contribution in [-0.4, -0.2) is 37.8 Å². The Hall–Kier alpha value is -0.0300. The van der Waals surface area contributed by atoms with Crippen LogP contribution in [0, 0.1) is 0 Å². The Balaban J connectivity index is 2.73. The Bertz CT molecular complexity index is 382. The standard InChI is InChI=1S/C15H25BrN2S/c1-5-8-17-12(2)14-11-13(16)6-7-15(14)19-10-9-18(3)4/h6-7,11-12,17H,5,8-10H2,1-4H3. The summed E-state index contributed by atoms with van der Waals surface area (Å²) in [5.74, 6) is 1.13. The highest BCUT2D eigenvalue weighted by molar-refractivity contribution is 9.10. The first kappa shape index (κ1) is 17.0. The van der Waals surface area contributed by atoms with Crippen LogP contribution in [0.1, 0.15) is 31.9 Å². The highest BCUT2D eigenvalue weighted by Crippen LogP contribution is 2.30. The van der Waals surface area contributed by atoms with Gasteiger partial charge in [0.2, 0.25) is 0 Å². The summed E-state index contributed by atoms with van der Waals surface area (Å²) in [6.45, 7) is 6.62. The number of halogens is 1. The summed E-state index contributed by atoms with van der Waals surface area (Å²) in [4.78, 5) is 3.62. The SMILES string of the molecule is CCCNC(C)c1cc(Br)ccc1SCCN(C)C. The fourth-order valence-electron chi connectivity index (χ4n) is 1.80. The number of rotatable bonds is 8. The molecule has 4 heteroatoms. The van der Waals surface area contributed by atoms with Crippen molar-refractivity contribution in [3.8, 4) is 0 Å². The smallest absolute Gasteiger partial charge is 0.0303 e. The molecular formula is C15H25BrN2S. The molecule has 1 rings (SSSR count). The fourth-order valence-corrected chi connectivity index (χ4v) is 3.42. The molecule has 1 aromatic carbocycles. The maximum Gasteiger partial charge on any atom is 0.0303 e. The van der Waals surface area contributed by atoms with Crippen LogP contribution in [0.4, 0.5) is 0 Å². The highest BCUT2D eigenvalue weighted by atomic mass is 79.9. The number of thioether (sulfide) groups is 1. The molecule has 0 spiro atoms. The summed E-state index contributed by atoms with van der Waals surface area (Å²) in [6, 6.07) is 7.00. The molecule has 0 radical (unpaired) electrons. The van der Waals surface area contributed by atoms with Crippen LogP contribution in [0.2, 0.25) is 0 Å². The molecule has 0 fully saturated rings. The van der Waals surface area contributed by atoms with Crippen molar-refractivity contribution in [3.05, 3.63) is 28.2 Å². The van der Waals surface area contributed by atoms with Gasteiger partial charge in [0.25, 0.3) is 0 Å². The van der Waals surface area contributed by atoms with Crippen LogP contribution in [0.5, 0.6) is 0 Å².